The Morgan fingerprint density at radius 1 is 0.875 bits per heavy atom. The molecule has 90 valence electrons. The Hall–Kier alpha value is -2.92. The van der Waals surface area contributed by atoms with Crippen LogP contribution in [0, 0.1) is 0 Å². The summed E-state index contributed by atoms with van der Waals surface area (Å²) in [6.07, 6.45) is 0. The second kappa shape index (κ2) is 6.52. The lowest BCUT2D eigenvalue weighted by molar-refractivity contribution is -0.172. The fraction of sp³-hybridized carbons (Fsp3) is 0. The highest BCUT2D eigenvalue weighted by Crippen LogP contribution is 1.78. The van der Waals surface area contributed by atoms with E-state index in [2.05, 4.69) is 31.6 Å². The largest absolute Gasteiger partial charge is 0.443 e. The highest BCUT2D eigenvalue weighted by molar-refractivity contribution is 6.29. The molecule has 0 saturated heterocycles. The average molecular weight is 234 g/mol. The molecule has 0 fully saturated rings. The lowest BCUT2D eigenvalue weighted by Gasteiger charge is -2.05. The number of nitrogens with one attached hydrogen (secondary N) is 2. The van der Waals surface area contributed by atoms with E-state index in [-0.39, 0.29) is 0 Å². The van der Waals surface area contributed by atoms with Gasteiger partial charge in [0.25, 0.3) is 0 Å². The first kappa shape index (κ1) is 13.1. The Bertz CT molecular complexity index is 292. The van der Waals surface area contributed by atoms with Crippen molar-refractivity contribution >= 4 is 23.9 Å². The summed E-state index contributed by atoms with van der Waals surface area (Å²) in [5, 5.41) is 5.78. The number of carbonyl (C=O) groups excluding carboxylic acids is 2. The van der Waals surface area contributed by atoms with Crippen LogP contribution < -0.4 is 34.1 Å². The fourth-order valence-electron chi connectivity index (χ4n) is 0.333. The van der Waals surface area contributed by atoms with Gasteiger partial charge in [-0.05, 0) is 0 Å². The van der Waals surface area contributed by atoms with Crippen molar-refractivity contribution in [1.29, 1.82) is 0 Å². The number of nitrogens with zero attached hydrogens (tertiary/aromatic N) is 2. The number of hydrogen-bond acceptors (Lipinski definition) is 8. The van der Waals surface area contributed by atoms with Gasteiger partial charge in [-0.1, -0.05) is 0 Å². The molecule has 0 heterocycles. The zero-order valence-electron chi connectivity index (χ0n) is 7.84. The molecule has 0 aliphatic heterocycles. The van der Waals surface area contributed by atoms with Crippen molar-refractivity contribution in [3.05, 3.63) is 0 Å². The molecule has 0 aliphatic rings. The molecule has 12 nitrogen and oxygen atoms in total. The van der Waals surface area contributed by atoms with Crippen molar-refractivity contribution in [2.24, 2.45) is 33.4 Å². The SMILES string of the molecule is NN=C(N)NOC(=O)C(=O)ONC(N)=NN. The number of hydrogen-bond donors (Lipinski definition) is 6. The zero-order chi connectivity index (χ0) is 12.6. The van der Waals surface area contributed by atoms with Gasteiger partial charge >= 0.3 is 11.9 Å². The third-order valence-corrected chi connectivity index (χ3v) is 0.941. The third kappa shape index (κ3) is 4.95. The van der Waals surface area contributed by atoms with Crippen LogP contribution in [0.2, 0.25) is 0 Å². The van der Waals surface area contributed by atoms with Crippen molar-refractivity contribution < 1.29 is 19.3 Å². The van der Waals surface area contributed by atoms with Crippen molar-refractivity contribution in [2.45, 2.75) is 0 Å². The van der Waals surface area contributed by atoms with Gasteiger partial charge < -0.3 is 32.8 Å². The summed E-state index contributed by atoms with van der Waals surface area (Å²) >= 11 is 0. The Balaban J connectivity index is 3.96. The molecular formula is C4H10N8O4. The van der Waals surface area contributed by atoms with Crippen molar-refractivity contribution in [1.82, 2.24) is 11.0 Å². The van der Waals surface area contributed by atoms with Crippen LogP contribution in [0.3, 0.4) is 0 Å². The molecule has 0 rings (SSSR count). The quantitative estimate of drug-likeness (QED) is 0.0777. The first-order chi connectivity index (χ1) is 7.51. The molecule has 0 spiro atoms. The molecule has 0 aromatic rings. The monoisotopic (exact) mass is 234 g/mol. The van der Waals surface area contributed by atoms with E-state index in [4.69, 9.17) is 11.5 Å². The van der Waals surface area contributed by atoms with Gasteiger partial charge in [-0.3, -0.25) is 0 Å². The number of guanidine groups is 2. The van der Waals surface area contributed by atoms with Crippen LogP contribution in [0.5, 0.6) is 0 Å². The van der Waals surface area contributed by atoms with Gasteiger partial charge in [0, 0.05) is 0 Å². The molecule has 0 aromatic carbocycles. The molecule has 0 amide bonds. The maximum atomic E-state index is 10.8. The van der Waals surface area contributed by atoms with Crippen LogP contribution in [0.25, 0.3) is 0 Å². The third-order valence-electron chi connectivity index (χ3n) is 0.941. The van der Waals surface area contributed by atoms with Crippen LogP contribution in [0.4, 0.5) is 0 Å². The predicted octanol–water partition coefficient (Wildman–Crippen LogP) is -4.54. The summed E-state index contributed by atoms with van der Waals surface area (Å²) in [6.45, 7) is 0. The fourth-order valence-corrected chi connectivity index (χ4v) is 0.333. The second-order valence-electron chi connectivity index (χ2n) is 2.01. The summed E-state index contributed by atoms with van der Waals surface area (Å²) in [6, 6.07) is 0. The molecule has 0 unspecified atom stereocenters. The molecule has 0 aromatic heterocycles. The maximum absolute atomic E-state index is 10.8. The predicted molar refractivity (Wildman–Crippen MR) is 50.1 cm³/mol. The lowest BCUT2D eigenvalue weighted by atomic mass is 10.7. The Labute approximate surface area is 88.5 Å². The summed E-state index contributed by atoms with van der Waals surface area (Å²) < 4.78 is 0. The Morgan fingerprint density at radius 2 is 1.19 bits per heavy atom. The first-order valence-electron chi connectivity index (χ1n) is 3.52. The highest BCUT2D eigenvalue weighted by atomic mass is 16.7. The van der Waals surface area contributed by atoms with E-state index in [1.807, 2.05) is 0 Å². The average Bonchev–Trinajstić information content (AvgIpc) is 2.31. The van der Waals surface area contributed by atoms with Crippen LogP contribution in [0.1, 0.15) is 0 Å². The van der Waals surface area contributed by atoms with Crippen molar-refractivity contribution in [2.75, 3.05) is 0 Å². The number of rotatable bonds is 0. The minimum atomic E-state index is -1.43. The van der Waals surface area contributed by atoms with Crippen molar-refractivity contribution in [3.8, 4) is 0 Å². The molecule has 0 aliphatic carbocycles. The van der Waals surface area contributed by atoms with Crippen LogP contribution in [-0.4, -0.2) is 23.9 Å². The normalized spacial score (nSPS) is 11.5. The van der Waals surface area contributed by atoms with E-state index in [0.29, 0.717) is 0 Å². The molecule has 12 heteroatoms. The van der Waals surface area contributed by atoms with E-state index in [0.717, 1.165) is 0 Å². The van der Waals surface area contributed by atoms with E-state index in [9.17, 15) is 9.59 Å². The molecule has 0 saturated carbocycles. The highest BCUT2D eigenvalue weighted by Gasteiger charge is 2.19. The van der Waals surface area contributed by atoms with E-state index in [1.165, 1.54) is 0 Å². The first-order valence-corrected chi connectivity index (χ1v) is 3.52. The minimum Gasteiger partial charge on any atom is -0.366 e. The van der Waals surface area contributed by atoms with Gasteiger partial charge in [0.2, 0.25) is 11.9 Å². The van der Waals surface area contributed by atoms with Gasteiger partial charge in [0.05, 0.1) is 0 Å². The van der Waals surface area contributed by atoms with Crippen LogP contribution >= 0.6 is 0 Å². The summed E-state index contributed by atoms with van der Waals surface area (Å²) in [7, 11) is 0. The molecule has 16 heavy (non-hydrogen) atoms. The van der Waals surface area contributed by atoms with Gasteiger partial charge in [-0.2, -0.15) is 11.0 Å². The molecule has 0 atom stereocenters. The molecule has 0 bridgehead atoms. The van der Waals surface area contributed by atoms with Crippen LogP contribution in [0.15, 0.2) is 10.2 Å². The standard InChI is InChI=1S/C4H10N8O4/c5-3(9-7)11-15-1(13)2(14)16-12-4(6)10-8/h7-8H2,(H3,5,9,11)(H3,6,10,12). The van der Waals surface area contributed by atoms with Gasteiger partial charge in [-0.15, -0.1) is 10.2 Å². The zero-order valence-corrected chi connectivity index (χ0v) is 7.84. The molecular weight excluding hydrogens is 224 g/mol. The number of nitrogens with two attached hydrogens (primary N) is 4. The number of hydrazone groups is 2. The smallest absolute Gasteiger partial charge is 0.366 e. The number of hydroxylamine groups is 2. The van der Waals surface area contributed by atoms with E-state index >= 15 is 0 Å². The van der Waals surface area contributed by atoms with E-state index < -0.39 is 23.9 Å². The van der Waals surface area contributed by atoms with Crippen molar-refractivity contribution in [3.63, 3.8) is 0 Å². The van der Waals surface area contributed by atoms with Gasteiger partial charge in [-0.25, -0.2) is 9.59 Å². The van der Waals surface area contributed by atoms with Gasteiger partial charge in [0.15, 0.2) is 0 Å². The lowest BCUT2D eigenvalue weighted by Crippen LogP contribution is -2.40. The summed E-state index contributed by atoms with van der Waals surface area (Å²) in [5.74, 6) is 5.68. The van der Waals surface area contributed by atoms with Gasteiger partial charge in [0.1, 0.15) is 0 Å². The summed E-state index contributed by atoms with van der Waals surface area (Å²) in [4.78, 5) is 29.7. The maximum Gasteiger partial charge on any atom is 0.443 e. The minimum absolute atomic E-state index is 0.419. The second-order valence-corrected chi connectivity index (χ2v) is 2.01. The topological polar surface area (TPSA) is 205 Å². The molecule has 10 N–H and O–H groups in total. The van der Waals surface area contributed by atoms with E-state index in [1.54, 1.807) is 11.0 Å². The Morgan fingerprint density at radius 3 is 1.44 bits per heavy atom. The van der Waals surface area contributed by atoms with Crippen LogP contribution in [-0.2, 0) is 19.3 Å². The molecule has 0 radical (unpaired) electrons. The number of carbonyl (C=O) groups is 2. The summed E-state index contributed by atoms with van der Waals surface area (Å²) in [5.41, 5.74) is 13.5. The Kier molecular flexibility index (Phi) is 5.33.